The molecule has 0 aliphatic carbocycles. The predicted octanol–water partition coefficient (Wildman–Crippen LogP) is 3.22. The average molecular weight is 311 g/mol. The second-order valence-electron chi connectivity index (χ2n) is 5.75. The minimum atomic E-state index is 0.0425. The summed E-state index contributed by atoms with van der Waals surface area (Å²) in [5.41, 5.74) is 2.07. The fraction of sp³-hybridized carbons (Fsp3) is 0.316. The van der Waals surface area contributed by atoms with Crippen LogP contribution in [0, 0.1) is 0 Å². The molecule has 0 bridgehead atoms. The fourth-order valence-electron chi connectivity index (χ4n) is 2.67. The molecular weight excluding hydrogens is 290 g/mol. The molecule has 1 amide bonds. The minimum absolute atomic E-state index is 0.0425. The lowest BCUT2D eigenvalue weighted by molar-refractivity contribution is -0.131. The van der Waals surface area contributed by atoms with Crippen molar-refractivity contribution in [1.29, 1.82) is 0 Å². The summed E-state index contributed by atoms with van der Waals surface area (Å²) < 4.78 is 11.1. The molecule has 4 nitrogen and oxygen atoms in total. The Hall–Kier alpha value is -2.49. The van der Waals surface area contributed by atoms with E-state index in [1.165, 1.54) is 0 Å². The first kappa shape index (κ1) is 15.4. The van der Waals surface area contributed by atoms with E-state index in [1.54, 1.807) is 4.90 Å². The fourth-order valence-corrected chi connectivity index (χ4v) is 2.67. The summed E-state index contributed by atoms with van der Waals surface area (Å²) in [7, 11) is 1.85. The van der Waals surface area contributed by atoms with Gasteiger partial charge >= 0.3 is 0 Å². The van der Waals surface area contributed by atoms with Crippen LogP contribution >= 0.6 is 0 Å². The van der Waals surface area contributed by atoms with Crippen LogP contribution < -0.4 is 9.47 Å². The molecule has 1 unspecified atom stereocenters. The molecule has 0 fully saturated rings. The smallest absolute Gasteiger partial charge is 0.227 e. The van der Waals surface area contributed by atoms with Gasteiger partial charge in [-0.3, -0.25) is 4.79 Å². The van der Waals surface area contributed by atoms with E-state index in [-0.39, 0.29) is 11.9 Å². The van der Waals surface area contributed by atoms with E-state index in [0.29, 0.717) is 19.6 Å². The van der Waals surface area contributed by atoms with Crippen molar-refractivity contribution < 1.29 is 14.3 Å². The molecule has 0 saturated carbocycles. The van der Waals surface area contributed by atoms with Crippen LogP contribution in [0.25, 0.3) is 0 Å². The van der Waals surface area contributed by atoms with Gasteiger partial charge in [0.05, 0.1) is 12.5 Å². The van der Waals surface area contributed by atoms with Gasteiger partial charge in [-0.2, -0.15) is 0 Å². The van der Waals surface area contributed by atoms with Gasteiger partial charge < -0.3 is 14.4 Å². The van der Waals surface area contributed by atoms with E-state index in [2.05, 4.69) is 0 Å². The summed E-state index contributed by atoms with van der Waals surface area (Å²) in [5, 5.41) is 0. The number of fused-ring (bicyclic) bond motifs is 1. The van der Waals surface area contributed by atoms with Crippen LogP contribution in [0.4, 0.5) is 0 Å². The van der Waals surface area contributed by atoms with Crippen molar-refractivity contribution in [2.24, 2.45) is 0 Å². The van der Waals surface area contributed by atoms with Crippen LogP contribution in [0.15, 0.2) is 48.5 Å². The molecule has 1 heterocycles. The van der Waals surface area contributed by atoms with Crippen molar-refractivity contribution in [3.63, 3.8) is 0 Å². The lowest BCUT2D eigenvalue weighted by Gasteiger charge is -2.26. The lowest BCUT2D eigenvalue weighted by Crippen LogP contribution is -2.31. The summed E-state index contributed by atoms with van der Waals surface area (Å²) in [6, 6.07) is 15.8. The third-order valence-electron chi connectivity index (χ3n) is 4.22. The standard InChI is InChI=1S/C19H21NO3/c1-14(16-6-4-3-5-7-16)20(2)19(21)13-15-8-9-17-18(12-15)23-11-10-22-17/h3-9,12,14H,10-11,13H2,1-2H3. The van der Waals surface area contributed by atoms with E-state index in [1.807, 2.05) is 62.5 Å². The third kappa shape index (κ3) is 3.47. The molecule has 2 aromatic rings. The normalized spacial score (nSPS) is 14.2. The quantitative estimate of drug-likeness (QED) is 0.870. The molecule has 4 heteroatoms. The second kappa shape index (κ2) is 6.73. The number of carbonyl (C=O) groups is 1. The average Bonchev–Trinajstić information content (AvgIpc) is 2.61. The van der Waals surface area contributed by atoms with Crippen LogP contribution in [0.2, 0.25) is 0 Å². The Bertz CT molecular complexity index is 684. The minimum Gasteiger partial charge on any atom is -0.486 e. The van der Waals surface area contributed by atoms with Gasteiger partial charge in [0.25, 0.3) is 0 Å². The Morgan fingerprint density at radius 3 is 2.52 bits per heavy atom. The van der Waals surface area contributed by atoms with Gasteiger partial charge in [-0.05, 0) is 30.2 Å². The number of rotatable bonds is 4. The number of amides is 1. The molecule has 1 aliphatic rings. The van der Waals surface area contributed by atoms with Crippen LogP contribution in [-0.2, 0) is 11.2 Å². The zero-order chi connectivity index (χ0) is 16.2. The van der Waals surface area contributed by atoms with Gasteiger partial charge in [-0.15, -0.1) is 0 Å². The van der Waals surface area contributed by atoms with Crippen LogP contribution in [0.3, 0.4) is 0 Å². The predicted molar refractivity (Wildman–Crippen MR) is 88.8 cm³/mol. The second-order valence-corrected chi connectivity index (χ2v) is 5.75. The van der Waals surface area contributed by atoms with E-state index in [4.69, 9.17) is 9.47 Å². The maximum absolute atomic E-state index is 12.5. The zero-order valence-electron chi connectivity index (χ0n) is 13.5. The molecule has 0 radical (unpaired) electrons. The van der Waals surface area contributed by atoms with Crippen LogP contribution in [0.5, 0.6) is 11.5 Å². The molecule has 0 N–H and O–H groups in total. The molecule has 0 spiro atoms. The largest absolute Gasteiger partial charge is 0.486 e. The summed E-state index contributed by atoms with van der Waals surface area (Å²) >= 11 is 0. The maximum atomic E-state index is 12.5. The van der Waals surface area contributed by atoms with E-state index < -0.39 is 0 Å². The number of nitrogens with zero attached hydrogens (tertiary/aromatic N) is 1. The summed E-state index contributed by atoms with van der Waals surface area (Å²) in [4.78, 5) is 14.3. The highest BCUT2D eigenvalue weighted by Gasteiger charge is 2.19. The van der Waals surface area contributed by atoms with Gasteiger partial charge in [-0.25, -0.2) is 0 Å². The molecule has 2 aromatic carbocycles. The van der Waals surface area contributed by atoms with Crippen molar-refractivity contribution in [2.45, 2.75) is 19.4 Å². The number of benzene rings is 2. The Kier molecular flexibility index (Phi) is 4.51. The summed E-state index contributed by atoms with van der Waals surface area (Å²) in [6.07, 6.45) is 0.352. The number of hydrogen-bond acceptors (Lipinski definition) is 3. The van der Waals surface area contributed by atoms with Crippen LogP contribution in [-0.4, -0.2) is 31.1 Å². The number of likely N-dealkylation sites (N-methyl/N-ethyl adjacent to an activating group) is 1. The van der Waals surface area contributed by atoms with Crippen molar-refractivity contribution in [1.82, 2.24) is 4.90 Å². The Balaban J connectivity index is 1.69. The Morgan fingerprint density at radius 1 is 1.09 bits per heavy atom. The van der Waals surface area contributed by atoms with Gasteiger partial charge in [0.2, 0.25) is 5.91 Å². The topological polar surface area (TPSA) is 38.8 Å². The van der Waals surface area contributed by atoms with E-state index >= 15 is 0 Å². The highest BCUT2D eigenvalue weighted by Crippen LogP contribution is 2.31. The first-order valence-corrected chi connectivity index (χ1v) is 7.84. The molecule has 0 saturated heterocycles. The molecule has 23 heavy (non-hydrogen) atoms. The Morgan fingerprint density at radius 2 is 1.78 bits per heavy atom. The monoisotopic (exact) mass is 311 g/mol. The number of ether oxygens (including phenoxy) is 2. The van der Waals surface area contributed by atoms with Gasteiger partial charge in [0.15, 0.2) is 11.5 Å². The highest BCUT2D eigenvalue weighted by atomic mass is 16.6. The van der Waals surface area contributed by atoms with E-state index in [9.17, 15) is 4.79 Å². The number of hydrogen-bond donors (Lipinski definition) is 0. The maximum Gasteiger partial charge on any atom is 0.227 e. The van der Waals surface area contributed by atoms with E-state index in [0.717, 1.165) is 22.6 Å². The summed E-state index contributed by atoms with van der Waals surface area (Å²) in [5.74, 6) is 1.55. The molecule has 120 valence electrons. The van der Waals surface area contributed by atoms with Crippen molar-refractivity contribution >= 4 is 5.91 Å². The number of carbonyl (C=O) groups excluding carboxylic acids is 1. The van der Waals surface area contributed by atoms with Crippen molar-refractivity contribution in [3.05, 3.63) is 59.7 Å². The third-order valence-corrected chi connectivity index (χ3v) is 4.22. The lowest BCUT2D eigenvalue weighted by atomic mass is 10.1. The highest BCUT2D eigenvalue weighted by molar-refractivity contribution is 5.79. The zero-order valence-corrected chi connectivity index (χ0v) is 13.5. The van der Waals surface area contributed by atoms with Gasteiger partial charge in [-0.1, -0.05) is 36.4 Å². The van der Waals surface area contributed by atoms with Gasteiger partial charge in [0.1, 0.15) is 13.2 Å². The Labute approximate surface area is 136 Å². The molecule has 0 aromatic heterocycles. The first-order chi connectivity index (χ1) is 11.1. The molecule has 1 aliphatic heterocycles. The molecule has 3 rings (SSSR count). The molecule has 1 atom stereocenters. The molecular formula is C19H21NO3. The van der Waals surface area contributed by atoms with Gasteiger partial charge in [0, 0.05) is 7.05 Å². The SMILES string of the molecule is CC(c1ccccc1)N(C)C(=O)Cc1ccc2c(c1)OCCO2. The van der Waals surface area contributed by atoms with Crippen molar-refractivity contribution in [2.75, 3.05) is 20.3 Å². The summed E-state index contributed by atoms with van der Waals surface area (Å²) in [6.45, 7) is 3.16. The van der Waals surface area contributed by atoms with Crippen molar-refractivity contribution in [3.8, 4) is 11.5 Å². The first-order valence-electron chi connectivity index (χ1n) is 7.84. The van der Waals surface area contributed by atoms with Crippen LogP contribution in [0.1, 0.15) is 24.1 Å².